The first kappa shape index (κ1) is 17.0. The van der Waals surface area contributed by atoms with Gasteiger partial charge in [-0.05, 0) is 18.2 Å². The van der Waals surface area contributed by atoms with Crippen LogP contribution in [0.15, 0.2) is 43.1 Å². The minimum absolute atomic E-state index is 0.205. The van der Waals surface area contributed by atoms with Gasteiger partial charge in [0.15, 0.2) is 0 Å². The average molecular weight is 369 g/mol. The zero-order chi connectivity index (χ0) is 19.0. The molecular formula is C18H16FN5O3. The van der Waals surface area contributed by atoms with E-state index in [1.807, 2.05) is 0 Å². The van der Waals surface area contributed by atoms with Gasteiger partial charge in [-0.15, -0.1) is 0 Å². The molecule has 0 unspecified atom stereocenters. The fraction of sp³-hybridized carbons (Fsp3) is 0.222. The number of fused-ring (bicyclic) bond motifs is 1. The number of cyclic esters (lactones) is 1. The highest BCUT2D eigenvalue weighted by Crippen LogP contribution is 2.26. The Bertz CT molecular complexity index is 1000. The van der Waals surface area contributed by atoms with Crippen LogP contribution in [0.3, 0.4) is 0 Å². The maximum absolute atomic E-state index is 14.7. The molecule has 0 spiro atoms. The number of ether oxygens (including phenoxy) is 1. The van der Waals surface area contributed by atoms with Crippen LogP contribution in [0.25, 0.3) is 16.6 Å². The summed E-state index contributed by atoms with van der Waals surface area (Å²) in [5, 5.41) is 3.40. The predicted octanol–water partition coefficient (Wildman–Crippen LogP) is 2.02. The van der Waals surface area contributed by atoms with E-state index in [0.717, 1.165) is 5.39 Å². The second kappa shape index (κ2) is 6.67. The Morgan fingerprint density at radius 1 is 1.41 bits per heavy atom. The Labute approximate surface area is 153 Å². The monoisotopic (exact) mass is 369 g/mol. The Morgan fingerprint density at radius 2 is 2.26 bits per heavy atom. The average Bonchev–Trinajstić information content (AvgIpc) is 3.23. The van der Waals surface area contributed by atoms with E-state index in [2.05, 4.69) is 15.3 Å². The van der Waals surface area contributed by atoms with Crippen LogP contribution < -0.4 is 10.2 Å². The molecule has 2 aromatic heterocycles. The molecule has 9 heteroatoms. The number of nitrogens with one attached hydrogen (secondary N) is 1. The molecule has 3 heterocycles. The summed E-state index contributed by atoms with van der Waals surface area (Å²) in [6, 6.07) is 4.52. The van der Waals surface area contributed by atoms with Gasteiger partial charge < -0.3 is 14.6 Å². The molecule has 3 aromatic rings. The zero-order valence-electron chi connectivity index (χ0n) is 14.4. The maximum Gasteiger partial charge on any atom is 0.414 e. The van der Waals surface area contributed by atoms with Crippen molar-refractivity contribution in [3.8, 4) is 5.69 Å². The number of rotatable bonds is 4. The van der Waals surface area contributed by atoms with Crippen molar-refractivity contribution in [1.82, 2.24) is 19.9 Å². The number of carbonyl (C=O) groups is 2. The van der Waals surface area contributed by atoms with Gasteiger partial charge in [-0.1, -0.05) is 0 Å². The van der Waals surface area contributed by atoms with Crippen LogP contribution in [0.5, 0.6) is 0 Å². The Kier molecular flexibility index (Phi) is 4.19. The van der Waals surface area contributed by atoms with E-state index in [0.29, 0.717) is 16.9 Å². The molecule has 4 rings (SSSR count). The second-order valence-corrected chi connectivity index (χ2v) is 6.22. The molecule has 8 nitrogen and oxygen atoms in total. The van der Waals surface area contributed by atoms with E-state index in [4.69, 9.17) is 4.74 Å². The van der Waals surface area contributed by atoms with Crippen molar-refractivity contribution in [2.24, 2.45) is 0 Å². The standard InChI is InChI=1S/C18H16FN5O3/c1-11(25)21-6-14-8-24(18(26)27-14)13-2-3-17(15(19)4-13)23-7-12-5-20-10-22-16(12)9-23/h2-5,7,9-10,14H,6,8H2,1H3,(H,21,25)/t14-/m0/s1. The first-order chi connectivity index (χ1) is 13.0. The molecule has 0 bridgehead atoms. The lowest BCUT2D eigenvalue weighted by atomic mass is 10.2. The number of nitrogens with zero attached hydrogens (tertiary/aromatic N) is 4. The molecule has 0 radical (unpaired) electrons. The highest BCUT2D eigenvalue weighted by Gasteiger charge is 2.32. The van der Waals surface area contributed by atoms with Gasteiger partial charge in [-0.3, -0.25) is 9.69 Å². The van der Waals surface area contributed by atoms with Gasteiger partial charge in [-0.25, -0.2) is 19.2 Å². The summed E-state index contributed by atoms with van der Waals surface area (Å²) >= 11 is 0. The number of hydrogen-bond acceptors (Lipinski definition) is 5. The largest absolute Gasteiger partial charge is 0.442 e. The van der Waals surface area contributed by atoms with E-state index in [-0.39, 0.29) is 19.0 Å². The third kappa shape index (κ3) is 3.31. The minimum Gasteiger partial charge on any atom is -0.442 e. The number of amides is 2. The maximum atomic E-state index is 14.7. The molecule has 1 aliphatic heterocycles. The molecule has 1 atom stereocenters. The van der Waals surface area contributed by atoms with Gasteiger partial charge >= 0.3 is 6.09 Å². The van der Waals surface area contributed by atoms with E-state index in [9.17, 15) is 14.0 Å². The molecular weight excluding hydrogens is 353 g/mol. The highest BCUT2D eigenvalue weighted by molar-refractivity contribution is 5.90. The van der Waals surface area contributed by atoms with Gasteiger partial charge in [0.2, 0.25) is 5.91 Å². The quantitative estimate of drug-likeness (QED) is 0.760. The number of hydrogen-bond donors (Lipinski definition) is 1. The van der Waals surface area contributed by atoms with Crippen LogP contribution in [0.1, 0.15) is 6.92 Å². The van der Waals surface area contributed by atoms with Crippen LogP contribution in [-0.4, -0.2) is 45.7 Å². The summed E-state index contributed by atoms with van der Waals surface area (Å²) in [5.41, 5.74) is 1.43. The van der Waals surface area contributed by atoms with Gasteiger partial charge in [0.1, 0.15) is 18.2 Å². The summed E-state index contributed by atoms with van der Waals surface area (Å²) in [4.78, 5) is 32.5. The summed E-state index contributed by atoms with van der Waals surface area (Å²) in [6.07, 6.45) is 5.49. The molecule has 1 saturated heterocycles. The molecule has 1 aliphatic rings. The van der Waals surface area contributed by atoms with Crippen LogP contribution in [0.2, 0.25) is 0 Å². The Hall–Kier alpha value is -3.49. The van der Waals surface area contributed by atoms with Crippen molar-refractivity contribution in [2.45, 2.75) is 13.0 Å². The van der Waals surface area contributed by atoms with Crippen LogP contribution in [-0.2, 0) is 9.53 Å². The molecule has 138 valence electrons. The van der Waals surface area contributed by atoms with Gasteiger partial charge in [0.05, 0.1) is 30.0 Å². The zero-order valence-corrected chi connectivity index (χ0v) is 14.4. The fourth-order valence-corrected chi connectivity index (χ4v) is 2.98. The lowest BCUT2D eigenvalue weighted by Gasteiger charge is -2.14. The van der Waals surface area contributed by atoms with Gasteiger partial charge in [-0.2, -0.15) is 0 Å². The van der Waals surface area contributed by atoms with E-state index in [1.54, 1.807) is 35.3 Å². The van der Waals surface area contributed by atoms with E-state index in [1.165, 1.54) is 24.2 Å². The highest BCUT2D eigenvalue weighted by atomic mass is 19.1. The third-order valence-corrected chi connectivity index (χ3v) is 4.29. The lowest BCUT2D eigenvalue weighted by Crippen LogP contribution is -2.33. The van der Waals surface area contributed by atoms with Crippen LogP contribution in [0.4, 0.5) is 14.9 Å². The van der Waals surface area contributed by atoms with Crippen molar-refractivity contribution in [1.29, 1.82) is 0 Å². The second-order valence-electron chi connectivity index (χ2n) is 6.22. The summed E-state index contributed by atoms with van der Waals surface area (Å²) in [6.45, 7) is 1.84. The smallest absolute Gasteiger partial charge is 0.414 e. The Morgan fingerprint density at radius 3 is 3.00 bits per heavy atom. The number of carbonyl (C=O) groups excluding carboxylic acids is 2. The summed E-state index contributed by atoms with van der Waals surface area (Å²) < 4.78 is 21.5. The topological polar surface area (TPSA) is 89.4 Å². The van der Waals surface area contributed by atoms with Gasteiger partial charge in [0.25, 0.3) is 0 Å². The van der Waals surface area contributed by atoms with Gasteiger partial charge in [0, 0.05) is 30.9 Å². The molecule has 1 aromatic carbocycles. The summed E-state index contributed by atoms with van der Waals surface area (Å²) in [5.74, 6) is -0.692. The minimum atomic E-state index is -0.570. The normalized spacial score (nSPS) is 16.6. The van der Waals surface area contributed by atoms with Crippen molar-refractivity contribution in [3.05, 3.63) is 48.9 Å². The third-order valence-electron chi connectivity index (χ3n) is 4.29. The molecule has 0 saturated carbocycles. The number of benzene rings is 1. The van der Waals surface area contributed by atoms with Crippen molar-refractivity contribution >= 4 is 28.6 Å². The molecule has 27 heavy (non-hydrogen) atoms. The van der Waals surface area contributed by atoms with Crippen molar-refractivity contribution < 1.29 is 18.7 Å². The summed E-state index contributed by atoms with van der Waals surface area (Å²) in [7, 11) is 0. The van der Waals surface area contributed by atoms with Crippen molar-refractivity contribution in [3.63, 3.8) is 0 Å². The first-order valence-corrected chi connectivity index (χ1v) is 8.31. The predicted molar refractivity (Wildman–Crippen MR) is 95.1 cm³/mol. The van der Waals surface area contributed by atoms with Crippen LogP contribution >= 0.6 is 0 Å². The van der Waals surface area contributed by atoms with Crippen LogP contribution in [0, 0.1) is 5.82 Å². The van der Waals surface area contributed by atoms with E-state index < -0.39 is 18.0 Å². The molecule has 0 aliphatic carbocycles. The lowest BCUT2D eigenvalue weighted by molar-refractivity contribution is -0.119. The molecule has 1 N–H and O–H groups in total. The number of anilines is 1. The molecule has 2 amide bonds. The molecule has 1 fully saturated rings. The van der Waals surface area contributed by atoms with Crippen molar-refractivity contribution in [2.75, 3.05) is 18.0 Å². The SMILES string of the molecule is CC(=O)NC[C@H]1CN(c2ccc(-n3cc4cncnc4c3)c(F)c2)C(=O)O1. The number of halogens is 1. The fourth-order valence-electron chi connectivity index (χ4n) is 2.98. The first-order valence-electron chi connectivity index (χ1n) is 8.31. The Balaban J connectivity index is 1.56. The number of aromatic nitrogens is 3. The van der Waals surface area contributed by atoms with E-state index >= 15 is 0 Å².